The zero-order valence-corrected chi connectivity index (χ0v) is 16.5. The van der Waals surface area contributed by atoms with Crippen molar-refractivity contribution in [2.75, 3.05) is 18.4 Å². The lowest BCUT2D eigenvalue weighted by Gasteiger charge is -2.18. The average molecular weight is 390 g/mol. The van der Waals surface area contributed by atoms with E-state index in [0.717, 1.165) is 28.9 Å². The van der Waals surface area contributed by atoms with Gasteiger partial charge in [-0.25, -0.2) is 0 Å². The molecule has 0 spiro atoms. The predicted octanol–water partition coefficient (Wildman–Crippen LogP) is 3.08. The number of hydrogen-bond acceptors (Lipinski definition) is 4. The van der Waals surface area contributed by atoms with E-state index in [9.17, 15) is 4.79 Å². The molecule has 2 atom stereocenters. The summed E-state index contributed by atoms with van der Waals surface area (Å²) in [6.45, 7) is 2.43. The van der Waals surface area contributed by atoms with Gasteiger partial charge in [0.2, 0.25) is 5.91 Å². The number of benzene rings is 2. The first-order valence-electron chi connectivity index (χ1n) is 9.90. The monoisotopic (exact) mass is 390 g/mol. The molecule has 1 aliphatic rings. The minimum atomic E-state index is -0.127. The highest BCUT2D eigenvalue weighted by Gasteiger charge is 2.34. The fraction of sp³-hybridized carbons (Fsp3) is 0.304. The second-order valence-corrected chi connectivity index (χ2v) is 7.44. The molecule has 1 amide bonds. The molecule has 1 saturated heterocycles. The Bertz CT molecular complexity index is 954. The van der Waals surface area contributed by atoms with E-state index in [-0.39, 0.29) is 17.7 Å². The van der Waals surface area contributed by atoms with E-state index in [1.54, 1.807) is 4.68 Å². The summed E-state index contributed by atoms with van der Waals surface area (Å²) < 4.78 is 7.65. The lowest BCUT2D eigenvalue weighted by Crippen LogP contribution is -2.28. The van der Waals surface area contributed by atoms with Crippen LogP contribution in [0.25, 0.3) is 0 Å². The highest BCUT2D eigenvalue weighted by Crippen LogP contribution is 2.29. The third kappa shape index (κ3) is 4.72. The smallest absolute Gasteiger partial charge is 0.229 e. The molecule has 1 fully saturated rings. The molecule has 3 aromatic rings. The van der Waals surface area contributed by atoms with E-state index < -0.39 is 0 Å². The lowest BCUT2D eigenvalue weighted by atomic mass is 9.90. The summed E-state index contributed by atoms with van der Waals surface area (Å²) in [7, 11) is 1.90. The van der Waals surface area contributed by atoms with Gasteiger partial charge in [-0.2, -0.15) is 5.10 Å². The number of carbonyl (C=O) groups is 1. The molecule has 1 aromatic heterocycles. The van der Waals surface area contributed by atoms with Crippen LogP contribution in [0.2, 0.25) is 0 Å². The Morgan fingerprint density at radius 1 is 1.14 bits per heavy atom. The molecule has 0 unspecified atom stereocenters. The van der Waals surface area contributed by atoms with Crippen LogP contribution in [0.1, 0.15) is 22.6 Å². The van der Waals surface area contributed by atoms with Crippen molar-refractivity contribution in [3.63, 3.8) is 0 Å². The van der Waals surface area contributed by atoms with Crippen LogP contribution in [0, 0.1) is 5.92 Å². The van der Waals surface area contributed by atoms with Gasteiger partial charge in [-0.1, -0.05) is 48.5 Å². The van der Waals surface area contributed by atoms with Crippen molar-refractivity contribution < 1.29 is 9.53 Å². The first-order chi connectivity index (χ1) is 14.2. The number of rotatable bonds is 7. The normalized spacial score (nSPS) is 18.7. The van der Waals surface area contributed by atoms with Crippen molar-refractivity contribution in [2.24, 2.45) is 13.0 Å². The molecule has 0 saturated carbocycles. The van der Waals surface area contributed by atoms with Crippen molar-refractivity contribution >= 4 is 11.6 Å². The summed E-state index contributed by atoms with van der Waals surface area (Å²) in [4.78, 5) is 13.0. The largest absolute Gasteiger partial charge is 0.372 e. The van der Waals surface area contributed by atoms with Crippen LogP contribution >= 0.6 is 0 Å². The second-order valence-electron chi connectivity index (χ2n) is 7.44. The van der Waals surface area contributed by atoms with Crippen LogP contribution in [-0.2, 0) is 29.8 Å². The summed E-state index contributed by atoms with van der Waals surface area (Å²) in [6, 6.07) is 17.9. The molecule has 29 heavy (non-hydrogen) atoms. The Hall–Kier alpha value is -2.96. The van der Waals surface area contributed by atoms with E-state index >= 15 is 0 Å². The van der Waals surface area contributed by atoms with E-state index in [1.807, 2.05) is 74.0 Å². The number of nitrogens with one attached hydrogen (secondary N) is 2. The SMILES string of the molecule is Cn1cc([C@H]2CNC[C@@H]2C(=O)Nc2ccccc2COCc2ccccc2)cn1. The summed E-state index contributed by atoms with van der Waals surface area (Å²) in [5.41, 5.74) is 4.01. The molecule has 0 aliphatic carbocycles. The van der Waals surface area contributed by atoms with Crippen LogP contribution in [-0.4, -0.2) is 28.8 Å². The highest BCUT2D eigenvalue weighted by molar-refractivity contribution is 5.94. The number of aryl methyl sites for hydroxylation is 1. The molecule has 150 valence electrons. The zero-order valence-electron chi connectivity index (χ0n) is 16.5. The summed E-state index contributed by atoms with van der Waals surface area (Å²) in [5.74, 6) is 0.0297. The van der Waals surface area contributed by atoms with E-state index in [4.69, 9.17) is 4.74 Å². The molecule has 0 radical (unpaired) electrons. The van der Waals surface area contributed by atoms with Gasteiger partial charge in [-0.05, 0) is 17.2 Å². The Balaban J connectivity index is 1.40. The molecule has 4 rings (SSSR count). The number of amides is 1. The second kappa shape index (κ2) is 9.03. The maximum absolute atomic E-state index is 13.0. The lowest BCUT2D eigenvalue weighted by molar-refractivity contribution is -0.119. The van der Waals surface area contributed by atoms with Crippen LogP contribution in [0.3, 0.4) is 0 Å². The van der Waals surface area contributed by atoms with Crippen LogP contribution in [0.5, 0.6) is 0 Å². The Morgan fingerprint density at radius 2 is 1.93 bits per heavy atom. The van der Waals surface area contributed by atoms with Crippen LogP contribution < -0.4 is 10.6 Å². The van der Waals surface area contributed by atoms with Gasteiger partial charge in [0.25, 0.3) is 0 Å². The fourth-order valence-corrected chi connectivity index (χ4v) is 3.78. The molecular formula is C23H26N4O2. The van der Waals surface area contributed by atoms with Gasteiger partial charge in [0, 0.05) is 43.5 Å². The molecule has 2 heterocycles. The summed E-state index contributed by atoms with van der Waals surface area (Å²) >= 11 is 0. The third-order valence-electron chi connectivity index (χ3n) is 5.35. The van der Waals surface area contributed by atoms with Crippen molar-refractivity contribution in [3.8, 4) is 0 Å². The number of nitrogens with zero attached hydrogens (tertiary/aromatic N) is 2. The number of ether oxygens (including phenoxy) is 1. The van der Waals surface area contributed by atoms with Gasteiger partial charge < -0.3 is 15.4 Å². The Kier molecular flexibility index (Phi) is 6.03. The maximum Gasteiger partial charge on any atom is 0.229 e. The molecule has 2 N–H and O–H groups in total. The van der Waals surface area contributed by atoms with Crippen LogP contribution in [0.4, 0.5) is 5.69 Å². The third-order valence-corrected chi connectivity index (χ3v) is 5.35. The van der Waals surface area contributed by atoms with Gasteiger partial charge in [-0.15, -0.1) is 0 Å². The molecule has 6 nitrogen and oxygen atoms in total. The van der Waals surface area contributed by atoms with Crippen molar-refractivity contribution in [1.29, 1.82) is 0 Å². The number of carbonyl (C=O) groups excluding carboxylic acids is 1. The topological polar surface area (TPSA) is 68.2 Å². The number of anilines is 1. The van der Waals surface area contributed by atoms with Gasteiger partial charge >= 0.3 is 0 Å². The van der Waals surface area contributed by atoms with Crippen LogP contribution in [0.15, 0.2) is 67.0 Å². The van der Waals surface area contributed by atoms with Gasteiger partial charge in [0.1, 0.15) is 0 Å². The van der Waals surface area contributed by atoms with E-state index in [0.29, 0.717) is 19.8 Å². The fourth-order valence-electron chi connectivity index (χ4n) is 3.78. The molecular weight excluding hydrogens is 364 g/mol. The molecule has 6 heteroatoms. The van der Waals surface area contributed by atoms with Crippen molar-refractivity contribution in [2.45, 2.75) is 19.1 Å². The number of aromatic nitrogens is 2. The van der Waals surface area contributed by atoms with E-state index in [1.165, 1.54) is 0 Å². The minimum absolute atomic E-state index is 0.0272. The predicted molar refractivity (Wildman–Crippen MR) is 112 cm³/mol. The first kappa shape index (κ1) is 19.4. The molecule has 1 aliphatic heterocycles. The molecule has 2 aromatic carbocycles. The van der Waals surface area contributed by atoms with Gasteiger partial charge in [0.05, 0.1) is 25.3 Å². The Morgan fingerprint density at radius 3 is 2.72 bits per heavy atom. The maximum atomic E-state index is 13.0. The number of para-hydroxylation sites is 1. The number of hydrogen-bond donors (Lipinski definition) is 2. The zero-order chi connectivity index (χ0) is 20.1. The Labute approximate surface area is 170 Å². The van der Waals surface area contributed by atoms with E-state index in [2.05, 4.69) is 15.7 Å². The molecule has 0 bridgehead atoms. The summed E-state index contributed by atoms with van der Waals surface area (Å²) in [5, 5.41) is 10.7. The summed E-state index contributed by atoms with van der Waals surface area (Å²) in [6.07, 6.45) is 3.84. The average Bonchev–Trinajstić information content (AvgIpc) is 3.39. The van der Waals surface area contributed by atoms with Gasteiger partial charge in [0.15, 0.2) is 0 Å². The van der Waals surface area contributed by atoms with Crippen molar-refractivity contribution in [3.05, 3.63) is 83.7 Å². The quantitative estimate of drug-likeness (QED) is 0.651. The highest BCUT2D eigenvalue weighted by atomic mass is 16.5. The van der Waals surface area contributed by atoms with Gasteiger partial charge in [-0.3, -0.25) is 9.48 Å². The first-order valence-corrected chi connectivity index (χ1v) is 9.90. The minimum Gasteiger partial charge on any atom is -0.372 e. The van der Waals surface area contributed by atoms with Crippen molar-refractivity contribution in [1.82, 2.24) is 15.1 Å². The standard InChI is InChI=1S/C23H26N4O2/c1-27-14-19(11-25-27)20-12-24-13-21(20)23(28)26-22-10-6-5-9-18(22)16-29-15-17-7-3-2-4-8-17/h2-11,14,20-21,24H,12-13,15-16H2,1H3,(H,26,28)/t20-,21+/m1/s1.